The van der Waals surface area contributed by atoms with E-state index in [2.05, 4.69) is 16.5 Å². The molecule has 3 rings (SSSR count). The molecule has 3 aliphatic rings. The van der Waals surface area contributed by atoms with Crippen molar-refractivity contribution in [3.8, 4) is 0 Å². The first-order chi connectivity index (χ1) is 9.28. The lowest BCUT2D eigenvalue weighted by atomic mass is 9.91. The zero-order valence-corrected chi connectivity index (χ0v) is 12.8. The summed E-state index contributed by atoms with van der Waals surface area (Å²) in [5.74, 6) is 0.394. The van der Waals surface area contributed by atoms with E-state index in [0.717, 1.165) is 18.2 Å². The van der Waals surface area contributed by atoms with Crippen molar-refractivity contribution < 1.29 is 4.79 Å². The van der Waals surface area contributed by atoms with Gasteiger partial charge in [-0.1, -0.05) is 0 Å². The summed E-state index contributed by atoms with van der Waals surface area (Å²) >= 11 is 2.00. The van der Waals surface area contributed by atoms with Gasteiger partial charge >= 0.3 is 0 Å². The molecule has 1 heterocycles. The fourth-order valence-corrected chi connectivity index (χ4v) is 4.29. The average molecular weight is 282 g/mol. The van der Waals surface area contributed by atoms with Crippen LogP contribution in [0, 0.1) is 0 Å². The van der Waals surface area contributed by atoms with Gasteiger partial charge in [0.05, 0.1) is 6.04 Å². The van der Waals surface area contributed by atoms with Gasteiger partial charge in [-0.2, -0.15) is 11.8 Å². The van der Waals surface area contributed by atoms with Crippen molar-refractivity contribution in [2.75, 3.05) is 12.8 Å². The number of hydrogen-bond acceptors (Lipinski definition) is 3. The first-order valence-electron chi connectivity index (χ1n) is 7.87. The van der Waals surface area contributed by atoms with Crippen molar-refractivity contribution in [1.82, 2.24) is 10.2 Å². The highest BCUT2D eigenvalue weighted by atomic mass is 32.2. The SMILES string of the molecule is CSC1CCC(N2CCCC(NC3CC3)C2=O)CC1. The first kappa shape index (κ1) is 13.7. The number of hydrogen-bond donors (Lipinski definition) is 1. The van der Waals surface area contributed by atoms with Crippen LogP contribution in [0.25, 0.3) is 0 Å². The van der Waals surface area contributed by atoms with Crippen LogP contribution in [0.5, 0.6) is 0 Å². The van der Waals surface area contributed by atoms with Gasteiger partial charge in [-0.3, -0.25) is 4.79 Å². The Morgan fingerprint density at radius 2 is 1.84 bits per heavy atom. The number of nitrogens with zero attached hydrogens (tertiary/aromatic N) is 1. The lowest BCUT2D eigenvalue weighted by molar-refractivity contribution is -0.139. The zero-order valence-electron chi connectivity index (χ0n) is 11.9. The van der Waals surface area contributed by atoms with E-state index in [0.29, 0.717) is 18.0 Å². The Hall–Kier alpha value is -0.220. The molecule has 0 radical (unpaired) electrons. The number of rotatable bonds is 4. The highest BCUT2D eigenvalue weighted by molar-refractivity contribution is 7.99. The number of carbonyl (C=O) groups is 1. The van der Waals surface area contributed by atoms with Crippen molar-refractivity contribution in [3.63, 3.8) is 0 Å². The molecule has 0 aromatic heterocycles. The van der Waals surface area contributed by atoms with Crippen LogP contribution in [-0.2, 0) is 4.79 Å². The quantitative estimate of drug-likeness (QED) is 0.859. The second-order valence-electron chi connectivity index (χ2n) is 6.33. The first-order valence-corrected chi connectivity index (χ1v) is 9.16. The second-order valence-corrected chi connectivity index (χ2v) is 7.47. The standard InChI is InChI=1S/C15H26N2OS/c1-19-13-8-6-12(7-9-13)17-10-2-3-14(15(17)18)16-11-4-5-11/h11-14,16H,2-10H2,1H3. The minimum Gasteiger partial charge on any atom is -0.338 e. The molecule has 4 heteroatoms. The van der Waals surface area contributed by atoms with E-state index in [1.54, 1.807) is 0 Å². The van der Waals surface area contributed by atoms with Crippen molar-refractivity contribution >= 4 is 17.7 Å². The van der Waals surface area contributed by atoms with E-state index in [4.69, 9.17) is 0 Å². The fraction of sp³-hybridized carbons (Fsp3) is 0.933. The molecule has 0 aromatic carbocycles. The smallest absolute Gasteiger partial charge is 0.239 e. The molecule has 1 amide bonds. The topological polar surface area (TPSA) is 32.3 Å². The summed E-state index contributed by atoms with van der Waals surface area (Å²) in [6.45, 7) is 0.996. The van der Waals surface area contributed by atoms with Gasteiger partial charge < -0.3 is 10.2 Å². The summed E-state index contributed by atoms with van der Waals surface area (Å²) in [5.41, 5.74) is 0. The molecule has 0 aromatic rings. The molecule has 1 unspecified atom stereocenters. The number of thioether (sulfide) groups is 1. The molecule has 19 heavy (non-hydrogen) atoms. The summed E-state index contributed by atoms with van der Waals surface area (Å²) in [4.78, 5) is 14.8. The molecular formula is C15H26N2OS. The van der Waals surface area contributed by atoms with Crippen molar-refractivity contribution in [1.29, 1.82) is 0 Å². The fourth-order valence-electron chi connectivity index (χ4n) is 3.54. The average Bonchev–Trinajstić information content (AvgIpc) is 3.25. The Kier molecular flexibility index (Phi) is 4.37. The van der Waals surface area contributed by atoms with Crippen LogP contribution >= 0.6 is 11.8 Å². The third-order valence-corrected chi connectivity index (χ3v) is 6.04. The van der Waals surface area contributed by atoms with Gasteiger partial charge in [-0.15, -0.1) is 0 Å². The number of amides is 1. The molecule has 1 atom stereocenters. The van der Waals surface area contributed by atoms with Gasteiger partial charge in [0.1, 0.15) is 0 Å². The molecule has 3 nitrogen and oxygen atoms in total. The van der Waals surface area contributed by atoms with Crippen molar-refractivity contribution in [3.05, 3.63) is 0 Å². The monoisotopic (exact) mass is 282 g/mol. The van der Waals surface area contributed by atoms with Gasteiger partial charge in [0.2, 0.25) is 5.91 Å². The molecule has 2 aliphatic carbocycles. The summed E-state index contributed by atoms with van der Waals surface area (Å²) in [7, 11) is 0. The zero-order chi connectivity index (χ0) is 13.2. The number of nitrogens with one attached hydrogen (secondary N) is 1. The van der Waals surface area contributed by atoms with E-state index in [1.165, 1.54) is 44.9 Å². The number of likely N-dealkylation sites (tertiary alicyclic amines) is 1. The predicted molar refractivity (Wildman–Crippen MR) is 80.5 cm³/mol. The molecule has 0 spiro atoms. The minimum atomic E-state index is 0.125. The maximum Gasteiger partial charge on any atom is 0.239 e. The highest BCUT2D eigenvalue weighted by Gasteiger charge is 2.37. The van der Waals surface area contributed by atoms with Crippen LogP contribution in [0.4, 0.5) is 0 Å². The van der Waals surface area contributed by atoms with Crippen LogP contribution in [-0.4, -0.2) is 47.0 Å². The van der Waals surface area contributed by atoms with Gasteiger partial charge in [-0.05, 0) is 57.6 Å². The molecule has 1 aliphatic heterocycles. The van der Waals surface area contributed by atoms with Crippen LogP contribution in [0.1, 0.15) is 51.4 Å². The maximum absolute atomic E-state index is 12.6. The number of piperidine rings is 1. The summed E-state index contributed by atoms with van der Waals surface area (Å²) in [5, 5.41) is 4.37. The molecule has 1 N–H and O–H groups in total. The second kappa shape index (κ2) is 6.04. The van der Waals surface area contributed by atoms with E-state index in [1.807, 2.05) is 11.8 Å². The largest absolute Gasteiger partial charge is 0.338 e. The molecule has 0 bridgehead atoms. The minimum absolute atomic E-state index is 0.125. The number of carbonyl (C=O) groups excluding carboxylic acids is 1. The summed E-state index contributed by atoms with van der Waals surface area (Å²) in [6, 6.07) is 1.29. The Morgan fingerprint density at radius 3 is 2.47 bits per heavy atom. The maximum atomic E-state index is 12.6. The van der Waals surface area contributed by atoms with Crippen LogP contribution < -0.4 is 5.32 Å². The van der Waals surface area contributed by atoms with E-state index in [-0.39, 0.29) is 6.04 Å². The van der Waals surface area contributed by atoms with E-state index >= 15 is 0 Å². The molecule has 2 saturated carbocycles. The summed E-state index contributed by atoms with van der Waals surface area (Å²) < 4.78 is 0. The van der Waals surface area contributed by atoms with E-state index < -0.39 is 0 Å². The summed E-state index contributed by atoms with van der Waals surface area (Å²) in [6.07, 6.45) is 12.0. The Morgan fingerprint density at radius 1 is 1.11 bits per heavy atom. The normalized spacial score (nSPS) is 36.6. The van der Waals surface area contributed by atoms with Gasteiger partial charge in [0.25, 0.3) is 0 Å². The van der Waals surface area contributed by atoms with Crippen LogP contribution in [0.2, 0.25) is 0 Å². The lowest BCUT2D eigenvalue weighted by Gasteiger charge is -2.41. The Bertz CT molecular complexity index is 324. The molecule has 1 saturated heterocycles. The Balaban J connectivity index is 1.55. The molecule has 3 fully saturated rings. The predicted octanol–water partition coefficient (Wildman–Crippen LogP) is 2.40. The highest BCUT2D eigenvalue weighted by Crippen LogP contribution is 2.31. The molecular weight excluding hydrogens is 256 g/mol. The van der Waals surface area contributed by atoms with Crippen LogP contribution in [0.3, 0.4) is 0 Å². The third-order valence-electron chi connectivity index (χ3n) is 4.91. The lowest BCUT2D eigenvalue weighted by Crippen LogP contribution is -2.55. The van der Waals surface area contributed by atoms with Gasteiger partial charge in [0.15, 0.2) is 0 Å². The van der Waals surface area contributed by atoms with E-state index in [9.17, 15) is 4.79 Å². The third kappa shape index (κ3) is 3.27. The molecule has 108 valence electrons. The van der Waals surface area contributed by atoms with Gasteiger partial charge in [0, 0.05) is 23.9 Å². The van der Waals surface area contributed by atoms with Crippen molar-refractivity contribution in [2.24, 2.45) is 0 Å². The van der Waals surface area contributed by atoms with Gasteiger partial charge in [-0.25, -0.2) is 0 Å². The Labute approximate surface area is 120 Å². The van der Waals surface area contributed by atoms with Crippen LogP contribution in [0.15, 0.2) is 0 Å². The van der Waals surface area contributed by atoms with Crippen molar-refractivity contribution in [2.45, 2.75) is 74.7 Å².